The number of ketones is 1. The molecule has 0 amide bonds. The maximum absolute atomic E-state index is 10.9. The Morgan fingerprint density at radius 1 is 1.33 bits per heavy atom. The highest BCUT2D eigenvalue weighted by Crippen LogP contribution is 2.25. The highest BCUT2D eigenvalue weighted by molar-refractivity contribution is 5.78. The monoisotopic (exact) mass is 204 g/mol. The zero-order valence-electron chi connectivity index (χ0n) is 9.03. The molecule has 0 atom stereocenters. The van der Waals surface area contributed by atoms with Gasteiger partial charge in [-0.05, 0) is 43.9 Å². The van der Waals surface area contributed by atoms with Crippen LogP contribution in [0.2, 0.25) is 0 Å². The summed E-state index contributed by atoms with van der Waals surface area (Å²) in [5, 5.41) is 0. The van der Waals surface area contributed by atoms with E-state index in [9.17, 15) is 4.79 Å². The minimum Gasteiger partial charge on any atom is -0.490 e. The van der Waals surface area contributed by atoms with Gasteiger partial charge in [0.2, 0.25) is 0 Å². The molecule has 2 rings (SSSR count). The topological polar surface area (TPSA) is 26.3 Å². The Kier molecular flexibility index (Phi) is 3.05. The summed E-state index contributed by atoms with van der Waals surface area (Å²) >= 11 is 0. The largest absolute Gasteiger partial charge is 0.490 e. The second-order valence-electron chi connectivity index (χ2n) is 4.19. The van der Waals surface area contributed by atoms with Gasteiger partial charge in [-0.15, -0.1) is 0 Å². The van der Waals surface area contributed by atoms with Crippen LogP contribution in [0.1, 0.15) is 31.7 Å². The molecule has 0 saturated heterocycles. The van der Waals surface area contributed by atoms with Gasteiger partial charge in [-0.1, -0.05) is 12.1 Å². The third-order valence-electron chi connectivity index (χ3n) is 2.73. The standard InChI is InChI=1S/C13H16O2/c1-10(14)9-11-5-7-13(8-6-11)15-12-3-2-4-12/h5-8,12H,2-4,9H2,1H3. The molecule has 0 heterocycles. The molecule has 1 aliphatic rings. The summed E-state index contributed by atoms with van der Waals surface area (Å²) < 4.78 is 5.73. The van der Waals surface area contributed by atoms with Gasteiger partial charge in [0.1, 0.15) is 11.5 Å². The summed E-state index contributed by atoms with van der Waals surface area (Å²) in [6, 6.07) is 7.85. The lowest BCUT2D eigenvalue weighted by Gasteiger charge is -2.26. The lowest BCUT2D eigenvalue weighted by Crippen LogP contribution is -2.24. The van der Waals surface area contributed by atoms with E-state index in [2.05, 4.69) is 0 Å². The van der Waals surface area contributed by atoms with Gasteiger partial charge in [0.25, 0.3) is 0 Å². The van der Waals surface area contributed by atoms with E-state index >= 15 is 0 Å². The molecular weight excluding hydrogens is 188 g/mol. The third-order valence-corrected chi connectivity index (χ3v) is 2.73. The van der Waals surface area contributed by atoms with Crippen molar-refractivity contribution in [2.75, 3.05) is 0 Å². The minimum atomic E-state index is 0.197. The molecule has 0 bridgehead atoms. The lowest BCUT2D eigenvalue weighted by molar-refractivity contribution is -0.116. The van der Waals surface area contributed by atoms with Crippen LogP contribution in [0.3, 0.4) is 0 Å². The van der Waals surface area contributed by atoms with Crippen molar-refractivity contribution in [3.63, 3.8) is 0 Å². The van der Waals surface area contributed by atoms with Crippen molar-refractivity contribution < 1.29 is 9.53 Å². The van der Waals surface area contributed by atoms with E-state index in [1.165, 1.54) is 19.3 Å². The summed E-state index contributed by atoms with van der Waals surface area (Å²) in [6.07, 6.45) is 4.57. The van der Waals surface area contributed by atoms with Gasteiger partial charge in [0, 0.05) is 6.42 Å². The van der Waals surface area contributed by atoms with Gasteiger partial charge in [-0.25, -0.2) is 0 Å². The fourth-order valence-electron chi connectivity index (χ4n) is 1.65. The molecule has 0 N–H and O–H groups in total. The molecule has 80 valence electrons. The summed E-state index contributed by atoms with van der Waals surface area (Å²) in [5.74, 6) is 1.12. The Bertz CT molecular complexity index is 336. The smallest absolute Gasteiger partial charge is 0.134 e. The number of Topliss-reactive ketones (excluding diaryl/α,β-unsaturated/α-hetero) is 1. The molecule has 0 aromatic heterocycles. The molecule has 1 fully saturated rings. The van der Waals surface area contributed by atoms with Crippen molar-refractivity contribution in [1.29, 1.82) is 0 Å². The highest BCUT2D eigenvalue weighted by Gasteiger charge is 2.18. The molecule has 0 spiro atoms. The first-order chi connectivity index (χ1) is 7.24. The van der Waals surface area contributed by atoms with Crippen LogP contribution in [-0.2, 0) is 11.2 Å². The van der Waals surface area contributed by atoms with Gasteiger partial charge < -0.3 is 4.74 Å². The third kappa shape index (κ3) is 2.82. The molecular formula is C13H16O2. The number of hydrogen-bond donors (Lipinski definition) is 0. The summed E-state index contributed by atoms with van der Waals surface area (Å²) in [6.45, 7) is 1.61. The van der Waals surface area contributed by atoms with E-state index in [0.717, 1.165) is 11.3 Å². The maximum atomic E-state index is 10.9. The van der Waals surface area contributed by atoms with E-state index in [-0.39, 0.29) is 5.78 Å². The molecule has 0 unspecified atom stereocenters. The summed E-state index contributed by atoms with van der Waals surface area (Å²) in [5.41, 5.74) is 1.06. The lowest BCUT2D eigenvalue weighted by atomic mass is 9.96. The van der Waals surface area contributed by atoms with Crippen LogP contribution in [0.25, 0.3) is 0 Å². The molecule has 1 aromatic rings. The van der Waals surface area contributed by atoms with Crippen molar-refractivity contribution in [1.82, 2.24) is 0 Å². The zero-order chi connectivity index (χ0) is 10.7. The second-order valence-corrected chi connectivity index (χ2v) is 4.19. The Morgan fingerprint density at radius 3 is 2.47 bits per heavy atom. The van der Waals surface area contributed by atoms with E-state index in [1.54, 1.807) is 6.92 Å². The van der Waals surface area contributed by atoms with E-state index in [1.807, 2.05) is 24.3 Å². The highest BCUT2D eigenvalue weighted by atomic mass is 16.5. The number of benzene rings is 1. The Morgan fingerprint density at radius 2 is 2.00 bits per heavy atom. The molecule has 0 aliphatic heterocycles. The van der Waals surface area contributed by atoms with Crippen molar-refractivity contribution >= 4 is 5.78 Å². The quantitative estimate of drug-likeness (QED) is 0.753. The predicted octanol–water partition coefficient (Wildman–Crippen LogP) is 2.75. The molecule has 0 radical (unpaired) electrons. The molecule has 2 heteroatoms. The number of ether oxygens (including phenoxy) is 1. The van der Waals surface area contributed by atoms with Crippen LogP contribution in [0.4, 0.5) is 0 Å². The molecule has 1 aliphatic carbocycles. The van der Waals surface area contributed by atoms with Gasteiger partial charge >= 0.3 is 0 Å². The van der Waals surface area contributed by atoms with E-state index < -0.39 is 0 Å². The fourth-order valence-corrected chi connectivity index (χ4v) is 1.65. The summed E-state index contributed by atoms with van der Waals surface area (Å²) in [7, 11) is 0. The van der Waals surface area contributed by atoms with Gasteiger partial charge in [0.15, 0.2) is 0 Å². The molecule has 1 aromatic carbocycles. The van der Waals surface area contributed by atoms with E-state index in [0.29, 0.717) is 12.5 Å². The van der Waals surface area contributed by atoms with Crippen LogP contribution in [-0.4, -0.2) is 11.9 Å². The summed E-state index contributed by atoms with van der Waals surface area (Å²) in [4.78, 5) is 10.9. The van der Waals surface area contributed by atoms with Crippen LogP contribution in [0.5, 0.6) is 5.75 Å². The Labute approximate surface area is 90.3 Å². The zero-order valence-corrected chi connectivity index (χ0v) is 9.03. The van der Waals surface area contributed by atoms with Crippen LogP contribution in [0.15, 0.2) is 24.3 Å². The first-order valence-electron chi connectivity index (χ1n) is 5.49. The van der Waals surface area contributed by atoms with Gasteiger partial charge in [-0.3, -0.25) is 4.79 Å². The van der Waals surface area contributed by atoms with Gasteiger partial charge in [0.05, 0.1) is 6.10 Å². The number of rotatable bonds is 4. The van der Waals surface area contributed by atoms with Gasteiger partial charge in [-0.2, -0.15) is 0 Å². The Balaban J connectivity index is 1.93. The van der Waals surface area contributed by atoms with Crippen molar-refractivity contribution in [2.45, 2.75) is 38.7 Å². The van der Waals surface area contributed by atoms with Crippen molar-refractivity contribution in [3.8, 4) is 5.75 Å². The first kappa shape index (κ1) is 10.2. The van der Waals surface area contributed by atoms with Crippen LogP contribution in [0, 0.1) is 0 Å². The SMILES string of the molecule is CC(=O)Cc1ccc(OC2CCC2)cc1. The molecule has 1 saturated carbocycles. The second kappa shape index (κ2) is 4.47. The Hall–Kier alpha value is -1.31. The van der Waals surface area contributed by atoms with Crippen LogP contribution < -0.4 is 4.74 Å². The van der Waals surface area contributed by atoms with E-state index in [4.69, 9.17) is 4.74 Å². The minimum absolute atomic E-state index is 0.197. The number of carbonyl (C=O) groups excluding carboxylic acids is 1. The predicted molar refractivity (Wildman–Crippen MR) is 59.1 cm³/mol. The average molecular weight is 204 g/mol. The fraction of sp³-hybridized carbons (Fsp3) is 0.462. The van der Waals surface area contributed by atoms with Crippen molar-refractivity contribution in [3.05, 3.63) is 29.8 Å². The molecule has 2 nitrogen and oxygen atoms in total. The van der Waals surface area contributed by atoms with Crippen molar-refractivity contribution in [2.24, 2.45) is 0 Å². The number of carbonyl (C=O) groups is 1. The molecule has 15 heavy (non-hydrogen) atoms. The average Bonchev–Trinajstić information content (AvgIpc) is 2.13. The normalized spacial score (nSPS) is 15.8. The maximum Gasteiger partial charge on any atom is 0.134 e. The first-order valence-corrected chi connectivity index (χ1v) is 5.49. The number of hydrogen-bond acceptors (Lipinski definition) is 2. The van der Waals surface area contributed by atoms with Crippen LogP contribution >= 0.6 is 0 Å².